The van der Waals surface area contributed by atoms with Crippen LogP contribution in [0.3, 0.4) is 0 Å². The van der Waals surface area contributed by atoms with E-state index in [1.165, 1.54) is 6.08 Å². The fourth-order valence-electron chi connectivity index (χ4n) is 1.74. The van der Waals surface area contributed by atoms with Crippen LogP contribution in [-0.4, -0.2) is 32.4 Å². The molecule has 2 aromatic rings. The lowest BCUT2D eigenvalue weighted by molar-refractivity contribution is -0.111. The van der Waals surface area contributed by atoms with Gasteiger partial charge in [-0.3, -0.25) is 9.59 Å². The summed E-state index contributed by atoms with van der Waals surface area (Å²) in [5, 5.41) is 19.0. The van der Waals surface area contributed by atoms with Gasteiger partial charge in [-0.2, -0.15) is 5.21 Å². The van der Waals surface area contributed by atoms with Crippen LogP contribution < -0.4 is 10.6 Å². The zero-order valence-electron chi connectivity index (χ0n) is 12.3. The van der Waals surface area contributed by atoms with E-state index in [2.05, 4.69) is 37.8 Å². The number of H-pyrrole nitrogens is 1. The van der Waals surface area contributed by atoms with Gasteiger partial charge in [-0.25, -0.2) is 0 Å². The lowest BCUT2D eigenvalue weighted by Crippen LogP contribution is -2.41. The maximum Gasteiger partial charge on any atom is 0.252 e. The van der Waals surface area contributed by atoms with Crippen molar-refractivity contribution in [1.29, 1.82) is 0 Å². The van der Waals surface area contributed by atoms with Crippen LogP contribution in [0.4, 0.5) is 5.69 Å². The van der Waals surface area contributed by atoms with Crippen molar-refractivity contribution in [1.82, 2.24) is 25.9 Å². The van der Waals surface area contributed by atoms with Crippen molar-refractivity contribution in [2.75, 3.05) is 5.32 Å². The van der Waals surface area contributed by atoms with Gasteiger partial charge >= 0.3 is 0 Å². The average molecular weight is 300 g/mol. The summed E-state index contributed by atoms with van der Waals surface area (Å²) in [5.41, 5.74) is 0.270. The number of carbonyl (C=O) groups excluding carboxylic acids is 2. The van der Waals surface area contributed by atoms with Crippen LogP contribution in [0.15, 0.2) is 36.9 Å². The third-order valence-corrected chi connectivity index (χ3v) is 2.93. The number of hydrogen-bond acceptors (Lipinski definition) is 5. The zero-order valence-corrected chi connectivity index (χ0v) is 12.3. The number of aromatic nitrogens is 4. The summed E-state index contributed by atoms with van der Waals surface area (Å²) in [7, 11) is 0. The third kappa shape index (κ3) is 3.54. The van der Waals surface area contributed by atoms with E-state index in [0.29, 0.717) is 17.1 Å². The van der Waals surface area contributed by atoms with Crippen LogP contribution in [-0.2, 0) is 10.3 Å². The van der Waals surface area contributed by atoms with Crippen molar-refractivity contribution < 1.29 is 9.59 Å². The van der Waals surface area contributed by atoms with Gasteiger partial charge < -0.3 is 10.6 Å². The van der Waals surface area contributed by atoms with Crippen molar-refractivity contribution in [3.8, 4) is 0 Å². The van der Waals surface area contributed by atoms with E-state index in [9.17, 15) is 9.59 Å². The van der Waals surface area contributed by atoms with Gasteiger partial charge in [-0.1, -0.05) is 11.8 Å². The Morgan fingerprint density at radius 3 is 2.50 bits per heavy atom. The summed E-state index contributed by atoms with van der Waals surface area (Å²) in [6.07, 6.45) is 1.17. The predicted molar refractivity (Wildman–Crippen MR) is 79.9 cm³/mol. The van der Waals surface area contributed by atoms with Gasteiger partial charge in [0.25, 0.3) is 5.91 Å². The number of tetrazole rings is 1. The molecule has 2 rings (SSSR count). The Morgan fingerprint density at radius 1 is 1.27 bits per heavy atom. The highest BCUT2D eigenvalue weighted by atomic mass is 16.2. The van der Waals surface area contributed by atoms with Gasteiger partial charge in [0.05, 0.1) is 5.54 Å². The summed E-state index contributed by atoms with van der Waals surface area (Å²) < 4.78 is 0. The Kier molecular flexibility index (Phi) is 4.31. The number of anilines is 1. The molecule has 22 heavy (non-hydrogen) atoms. The molecular weight excluding hydrogens is 284 g/mol. The number of benzene rings is 1. The molecule has 2 amide bonds. The topological polar surface area (TPSA) is 113 Å². The van der Waals surface area contributed by atoms with Gasteiger partial charge in [-0.05, 0) is 44.2 Å². The molecule has 8 heteroatoms. The fraction of sp³-hybridized carbons (Fsp3) is 0.214. The number of rotatable bonds is 5. The first-order chi connectivity index (χ1) is 10.4. The Balaban J connectivity index is 2.07. The van der Waals surface area contributed by atoms with E-state index in [1.54, 1.807) is 38.1 Å². The Labute approximate surface area is 127 Å². The predicted octanol–water partition coefficient (Wildman–Crippen LogP) is 0.989. The number of carbonyl (C=O) groups is 2. The number of nitrogens with one attached hydrogen (secondary N) is 3. The Morgan fingerprint density at radius 2 is 1.95 bits per heavy atom. The molecule has 0 aliphatic carbocycles. The number of amides is 2. The zero-order chi connectivity index (χ0) is 16.2. The summed E-state index contributed by atoms with van der Waals surface area (Å²) >= 11 is 0. The number of hydrogen-bond donors (Lipinski definition) is 3. The normalized spacial score (nSPS) is 10.8. The van der Waals surface area contributed by atoms with Crippen LogP contribution in [0.2, 0.25) is 0 Å². The van der Waals surface area contributed by atoms with E-state index in [1.807, 2.05) is 0 Å². The second-order valence-corrected chi connectivity index (χ2v) is 5.09. The minimum Gasteiger partial charge on any atom is -0.340 e. The quantitative estimate of drug-likeness (QED) is 0.713. The first-order valence-corrected chi connectivity index (χ1v) is 6.52. The molecule has 0 fully saturated rings. The third-order valence-electron chi connectivity index (χ3n) is 2.93. The smallest absolute Gasteiger partial charge is 0.252 e. The molecule has 0 unspecified atom stereocenters. The highest BCUT2D eigenvalue weighted by Crippen LogP contribution is 2.16. The summed E-state index contributed by atoms with van der Waals surface area (Å²) in [4.78, 5) is 23.4. The maximum atomic E-state index is 12.2. The van der Waals surface area contributed by atoms with E-state index in [-0.39, 0.29) is 11.8 Å². The summed E-state index contributed by atoms with van der Waals surface area (Å²) in [5.74, 6) is -0.206. The van der Waals surface area contributed by atoms with E-state index >= 15 is 0 Å². The van der Waals surface area contributed by atoms with Crippen molar-refractivity contribution in [2.24, 2.45) is 0 Å². The first-order valence-electron chi connectivity index (χ1n) is 6.52. The molecule has 0 atom stereocenters. The van der Waals surface area contributed by atoms with E-state index < -0.39 is 5.54 Å². The van der Waals surface area contributed by atoms with E-state index in [0.717, 1.165) is 0 Å². The van der Waals surface area contributed by atoms with Crippen molar-refractivity contribution in [3.05, 3.63) is 48.3 Å². The van der Waals surface area contributed by atoms with Crippen molar-refractivity contribution in [2.45, 2.75) is 19.4 Å². The number of aromatic amines is 1. The summed E-state index contributed by atoms with van der Waals surface area (Å²) in [6.45, 7) is 6.92. The molecule has 0 saturated heterocycles. The molecule has 0 saturated carbocycles. The first kappa shape index (κ1) is 15.4. The van der Waals surface area contributed by atoms with Gasteiger partial charge in [-0.15, -0.1) is 10.2 Å². The van der Waals surface area contributed by atoms with Crippen LogP contribution in [0, 0.1) is 0 Å². The lowest BCUT2D eigenvalue weighted by atomic mass is 10.0. The minimum absolute atomic E-state index is 0.281. The van der Waals surface area contributed by atoms with Crippen LogP contribution in [0.1, 0.15) is 30.0 Å². The molecule has 1 heterocycles. The molecule has 8 nitrogen and oxygen atoms in total. The molecular formula is C14H16N6O2. The van der Waals surface area contributed by atoms with Crippen LogP contribution in [0.5, 0.6) is 0 Å². The van der Waals surface area contributed by atoms with Crippen LogP contribution >= 0.6 is 0 Å². The second kappa shape index (κ2) is 6.17. The van der Waals surface area contributed by atoms with Gasteiger partial charge in [0, 0.05) is 11.3 Å². The maximum absolute atomic E-state index is 12.2. The Hall–Kier alpha value is -3.03. The highest BCUT2D eigenvalue weighted by Gasteiger charge is 2.27. The minimum atomic E-state index is -0.764. The van der Waals surface area contributed by atoms with Gasteiger partial charge in [0.1, 0.15) is 0 Å². The second-order valence-electron chi connectivity index (χ2n) is 5.09. The molecule has 0 aliphatic heterocycles. The molecule has 0 aliphatic rings. The van der Waals surface area contributed by atoms with Gasteiger partial charge in [0.15, 0.2) is 5.82 Å². The SMILES string of the molecule is C=CC(=O)Nc1ccc(C(=O)NC(C)(C)c2nn[nH]n2)cc1. The highest BCUT2D eigenvalue weighted by molar-refractivity contribution is 5.99. The standard InChI is InChI=1S/C14H16N6O2/c1-4-11(21)15-10-7-5-9(6-8-10)12(22)16-14(2,3)13-17-19-20-18-13/h4-8H,1H2,2-3H3,(H,15,21)(H,16,22)(H,17,18,19,20). The monoisotopic (exact) mass is 300 g/mol. The van der Waals surface area contributed by atoms with Crippen molar-refractivity contribution in [3.63, 3.8) is 0 Å². The average Bonchev–Trinajstić information content (AvgIpc) is 3.02. The van der Waals surface area contributed by atoms with Gasteiger partial charge in [0.2, 0.25) is 5.91 Å². The molecule has 0 radical (unpaired) electrons. The Bertz CT molecular complexity index is 676. The fourth-order valence-corrected chi connectivity index (χ4v) is 1.74. The molecule has 1 aromatic heterocycles. The molecule has 0 spiro atoms. The molecule has 3 N–H and O–H groups in total. The van der Waals surface area contributed by atoms with Crippen molar-refractivity contribution >= 4 is 17.5 Å². The lowest BCUT2D eigenvalue weighted by Gasteiger charge is -2.22. The summed E-state index contributed by atoms with van der Waals surface area (Å²) in [6, 6.07) is 6.50. The van der Waals surface area contributed by atoms with Crippen LogP contribution in [0.25, 0.3) is 0 Å². The number of nitrogens with zero attached hydrogens (tertiary/aromatic N) is 3. The van der Waals surface area contributed by atoms with E-state index in [4.69, 9.17) is 0 Å². The molecule has 0 bridgehead atoms. The molecule has 114 valence electrons. The largest absolute Gasteiger partial charge is 0.340 e. The molecule has 1 aromatic carbocycles.